The lowest BCUT2D eigenvalue weighted by Crippen LogP contribution is -2.29. The molecular weight excluding hydrogens is 274 g/mol. The van der Waals surface area contributed by atoms with Gasteiger partial charge in [-0.25, -0.2) is 0 Å². The van der Waals surface area contributed by atoms with Gasteiger partial charge in [0.2, 0.25) is 5.91 Å². The maximum absolute atomic E-state index is 12.0. The van der Waals surface area contributed by atoms with Crippen molar-refractivity contribution in [3.05, 3.63) is 23.8 Å². The zero-order valence-corrected chi connectivity index (χ0v) is 13.0. The minimum atomic E-state index is 0.0915. The van der Waals surface area contributed by atoms with Crippen LogP contribution in [0.5, 0.6) is 11.5 Å². The molecule has 4 nitrogen and oxygen atoms in total. The molecule has 0 bridgehead atoms. The molecule has 1 heterocycles. The number of rotatable bonds is 6. The predicted octanol–water partition coefficient (Wildman–Crippen LogP) is 3.08. The van der Waals surface area contributed by atoms with E-state index in [0.717, 1.165) is 24.9 Å². The van der Waals surface area contributed by atoms with E-state index in [-0.39, 0.29) is 11.3 Å². The van der Waals surface area contributed by atoms with Crippen molar-refractivity contribution in [3.63, 3.8) is 0 Å². The van der Waals surface area contributed by atoms with E-state index in [0.29, 0.717) is 17.3 Å². The van der Waals surface area contributed by atoms with Crippen molar-refractivity contribution >= 4 is 17.7 Å². The number of methoxy groups -OCH3 is 2. The van der Waals surface area contributed by atoms with E-state index in [4.69, 9.17) is 9.47 Å². The van der Waals surface area contributed by atoms with Gasteiger partial charge in [-0.2, -0.15) is 0 Å². The molecule has 1 aromatic carbocycles. The molecule has 1 aliphatic rings. The van der Waals surface area contributed by atoms with Crippen LogP contribution in [0, 0.1) is 0 Å². The summed E-state index contributed by atoms with van der Waals surface area (Å²) >= 11 is 1.67. The molecule has 1 atom stereocenters. The van der Waals surface area contributed by atoms with E-state index in [9.17, 15) is 4.79 Å². The first kappa shape index (κ1) is 15.0. The van der Waals surface area contributed by atoms with Gasteiger partial charge in [-0.1, -0.05) is 19.4 Å². The van der Waals surface area contributed by atoms with Gasteiger partial charge in [-0.3, -0.25) is 4.79 Å². The average molecular weight is 295 g/mol. The highest BCUT2D eigenvalue weighted by Gasteiger charge is 2.32. The van der Waals surface area contributed by atoms with Gasteiger partial charge in [0, 0.05) is 6.54 Å². The highest BCUT2D eigenvalue weighted by molar-refractivity contribution is 8.00. The van der Waals surface area contributed by atoms with Gasteiger partial charge < -0.3 is 14.4 Å². The number of benzene rings is 1. The Bertz CT molecular complexity index is 478. The van der Waals surface area contributed by atoms with Gasteiger partial charge in [0.05, 0.1) is 20.0 Å². The van der Waals surface area contributed by atoms with Crippen LogP contribution in [0.2, 0.25) is 0 Å². The van der Waals surface area contributed by atoms with Crippen molar-refractivity contribution in [3.8, 4) is 11.5 Å². The Balaban J connectivity index is 2.23. The summed E-state index contributed by atoms with van der Waals surface area (Å²) in [7, 11) is 3.25. The van der Waals surface area contributed by atoms with Crippen LogP contribution in [0.1, 0.15) is 30.7 Å². The fraction of sp³-hybridized carbons (Fsp3) is 0.533. The number of thioether (sulfide) groups is 1. The van der Waals surface area contributed by atoms with Gasteiger partial charge in [0.15, 0.2) is 11.5 Å². The molecule has 20 heavy (non-hydrogen) atoms. The normalized spacial score (nSPS) is 18.4. The van der Waals surface area contributed by atoms with Crippen molar-refractivity contribution in [2.24, 2.45) is 0 Å². The van der Waals surface area contributed by atoms with Crippen LogP contribution in [0.15, 0.2) is 18.2 Å². The van der Waals surface area contributed by atoms with Gasteiger partial charge >= 0.3 is 0 Å². The van der Waals surface area contributed by atoms with Gasteiger partial charge in [0.25, 0.3) is 0 Å². The molecular formula is C15H21NO3S. The van der Waals surface area contributed by atoms with Crippen molar-refractivity contribution in [2.75, 3.05) is 26.5 Å². The standard InChI is InChI=1S/C15H21NO3S/c1-4-5-8-16-14(17)10-20-15(16)11-6-7-12(18-2)13(9-11)19-3/h6-7,9,15H,4-5,8,10H2,1-3H3. The Hall–Kier alpha value is -1.36. The maximum atomic E-state index is 12.0. The lowest BCUT2D eigenvalue weighted by molar-refractivity contribution is -0.128. The Labute approximate surface area is 124 Å². The Morgan fingerprint density at radius 1 is 1.30 bits per heavy atom. The number of hydrogen-bond donors (Lipinski definition) is 0. The molecule has 1 aromatic rings. The van der Waals surface area contributed by atoms with Crippen LogP contribution in [0.4, 0.5) is 0 Å². The molecule has 1 fully saturated rings. The molecule has 1 saturated heterocycles. The first-order valence-corrected chi connectivity index (χ1v) is 7.89. The van der Waals surface area contributed by atoms with E-state index in [1.165, 1.54) is 0 Å². The molecule has 0 N–H and O–H groups in total. The Kier molecular flexibility index (Phi) is 5.17. The van der Waals surface area contributed by atoms with Gasteiger partial charge in [-0.15, -0.1) is 11.8 Å². The topological polar surface area (TPSA) is 38.8 Å². The zero-order valence-electron chi connectivity index (χ0n) is 12.2. The minimum Gasteiger partial charge on any atom is -0.493 e. The summed E-state index contributed by atoms with van der Waals surface area (Å²) in [5.74, 6) is 2.21. The third-order valence-corrected chi connectivity index (χ3v) is 4.67. The quantitative estimate of drug-likeness (QED) is 0.808. The fourth-order valence-electron chi connectivity index (χ4n) is 2.31. The average Bonchev–Trinajstić information content (AvgIpc) is 2.85. The maximum Gasteiger partial charge on any atom is 0.233 e. The highest BCUT2D eigenvalue weighted by Crippen LogP contribution is 2.41. The number of carbonyl (C=O) groups excluding carboxylic acids is 1. The highest BCUT2D eigenvalue weighted by atomic mass is 32.2. The summed E-state index contributed by atoms with van der Waals surface area (Å²) in [4.78, 5) is 14.0. The molecule has 1 unspecified atom stereocenters. The van der Waals surface area contributed by atoms with Gasteiger partial charge in [0.1, 0.15) is 5.37 Å². The van der Waals surface area contributed by atoms with E-state index >= 15 is 0 Å². The second-order valence-corrected chi connectivity index (χ2v) is 5.79. The fourth-order valence-corrected chi connectivity index (χ4v) is 3.52. The Morgan fingerprint density at radius 2 is 2.05 bits per heavy atom. The molecule has 1 amide bonds. The third-order valence-electron chi connectivity index (χ3n) is 3.41. The number of ether oxygens (including phenoxy) is 2. The van der Waals surface area contributed by atoms with Crippen molar-refractivity contribution in [1.82, 2.24) is 4.90 Å². The third kappa shape index (κ3) is 3.03. The SMILES string of the molecule is CCCCN1C(=O)CSC1c1ccc(OC)c(OC)c1. The number of amides is 1. The molecule has 0 saturated carbocycles. The summed E-state index contributed by atoms with van der Waals surface area (Å²) < 4.78 is 10.6. The molecule has 0 aliphatic carbocycles. The first-order chi connectivity index (χ1) is 9.71. The number of nitrogens with zero attached hydrogens (tertiary/aromatic N) is 1. The second kappa shape index (κ2) is 6.88. The summed E-state index contributed by atoms with van der Waals surface area (Å²) in [6.45, 7) is 2.96. The van der Waals surface area contributed by atoms with Crippen LogP contribution in [-0.4, -0.2) is 37.3 Å². The van der Waals surface area contributed by atoms with Crippen LogP contribution < -0.4 is 9.47 Å². The van der Waals surface area contributed by atoms with Crippen LogP contribution in [-0.2, 0) is 4.79 Å². The summed E-state index contributed by atoms with van der Waals surface area (Å²) in [5, 5.41) is 0.0915. The van der Waals surface area contributed by atoms with E-state index in [1.807, 2.05) is 23.1 Å². The van der Waals surface area contributed by atoms with Crippen LogP contribution in [0.3, 0.4) is 0 Å². The molecule has 0 aromatic heterocycles. The number of hydrogen-bond acceptors (Lipinski definition) is 4. The lowest BCUT2D eigenvalue weighted by atomic mass is 10.1. The Morgan fingerprint density at radius 3 is 2.70 bits per heavy atom. The summed E-state index contributed by atoms with van der Waals surface area (Å²) in [6, 6.07) is 5.88. The van der Waals surface area contributed by atoms with Crippen molar-refractivity contribution in [1.29, 1.82) is 0 Å². The molecule has 110 valence electrons. The second-order valence-electron chi connectivity index (χ2n) is 4.72. The summed E-state index contributed by atoms with van der Waals surface area (Å²) in [5.41, 5.74) is 1.09. The first-order valence-electron chi connectivity index (χ1n) is 6.84. The zero-order chi connectivity index (χ0) is 14.5. The van der Waals surface area contributed by atoms with Crippen molar-refractivity contribution < 1.29 is 14.3 Å². The number of unbranched alkanes of at least 4 members (excludes halogenated alkanes) is 1. The van der Waals surface area contributed by atoms with Crippen LogP contribution >= 0.6 is 11.8 Å². The van der Waals surface area contributed by atoms with E-state index in [2.05, 4.69) is 6.92 Å². The van der Waals surface area contributed by atoms with E-state index < -0.39 is 0 Å². The smallest absolute Gasteiger partial charge is 0.233 e. The molecule has 5 heteroatoms. The molecule has 0 radical (unpaired) electrons. The largest absolute Gasteiger partial charge is 0.493 e. The number of carbonyl (C=O) groups is 1. The lowest BCUT2D eigenvalue weighted by Gasteiger charge is -2.24. The van der Waals surface area contributed by atoms with Gasteiger partial charge in [-0.05, 0) is 24.1 Å². The monoisotopic (exact) mass is 295 g/mol. The molecule has 0 spiro atoms. The molecule has 1 aliphatic heterocycles. The predicted molar refractivity (Wildman–Crippen MR) is 81.4 cm³/mol. The summed E-state index contributed by atoms with van der Waals surface area (Å²) in [6.07, 6.45) is 2.13. The van der Waals surface area contributed by atoms with E-state index in [1.54, 1.807) is 26.0 Å². The van der Waals surface area contributed by atoms with Crippen molar-refractivity contribution in [2.45, 2.75) is 25.1 Å². The van der Waals surface area contributed by atoms with Crippen LogP contribution in [0.25, 0.3) is 0 Å². The molecule has 2 rings (SSSR count). The minimum absolute atomic E-state index is 0.0915.